The molecule has 0 aromatic heterocycles. The summed E-state index contributed by atoms with van der Waals surface area (Å²) in [6, 6.07) is 2.29. The molecule has 0 bridgehead atoms. The van der Waals surface area contributed by atoms with Crippen molar-refractivity contribution in [3.8, 4) is 0 Å². The number of carbonyl (C=O) groups is 2. The molecule has 1 aromatic carbocycles. The lowest BCUT2D eigenvalue weighted by Gasteiger charge is -2.19. The van der Waals surface area contributed by atoms with E-state index >= 15 is 0 Å². The Morgan fingerprint density at radius 1 is 1.15 bits per heavy atom. The van der Waals surface area contributed by atoms with Crippen LogP contribution in [0.3, 0.4) is 0 Å². The predicted octanol–water partition coefficient (Wildman–Crippen LogP) is 2.74. The van der Waals surface area contributed by atoms with Crippen molar-refractivity contribution in [2.75, 3.05) is 10.6 Å². The third kappa shape index (κ3) is 1.88. The van der Waals surface area contributed by atoms with Crippen LogP contribution in [0.2, 0.25) is 5.02 Å². The third-order valence-electron chi connectivity index (χ3n) is 4.15. The molecule has 1 aliphatic heterocycles. The summed E-state index contributed by atoms with van der Waals surface area (Å²) in [6.07, 6.45) is 3.24. The zero-order chi connectivity index (χ0) is 14.4. The molecule has 2 atom stereocenters. The predicted molar refractivity (Wildman–Crippen MR) is 73.8 cm³/mol. The number of rotatable bonds is 1. The maximum absolute atomic E-state index is 14.0. The lowest BCUT2D eigenvalue weighted by Crippen LogP contribution is -2.31. The van der Waals surface area contributed by atoms with Crippen LogP contribution in [0.1, 0.15) is 25.7 Å². The molecule has 2 fully saturated rings. The van der Waals surface area contributed by atoms with Gasteiger partial charge < -0.3 is 5.73 Å². The molecule has 0 spiro atoms. The molecular formula is C14H14ClFN2O2. The molecule has 3 rings (SSSR count). The first-order valence-electron chi connectivity index (χ1n) is 6.63. The van der Waals surface area contributed by atoms with Gasteiger partial charge in [0, 0.05) is 0 Å². The van der Waals surface area contributed by atoms with Gasteiger partial charge in [0.05, 0.1) is 28.2 Å². The summed E-state index contributed by atoms with van der Waals surface area (Å²) in [5.74, 6) is -1.97. The van der Waals surface area contributed by atoms with Gasteiger partial charge in [0.25, 0.3) is 0 Å². The number of nitrogens with two attached hydrogens (primary N) is 1. The van der Waals surface area contributed by atoms with E-state index in [0.717, 1.165) is 23.8 Å². The molecule has 2 N–H and O–H groups in total. The fraction of sp³-hybridized carbons (Fsp3) is 0.429. The largest absolute Gasteiger partial charge is 0.397 e. The standard InChI is InChI=1S/C14H14ClFN2O2/c15-9-5-10(16)12(6-11(9)17)18-13(19)7-3-1-2-4-8(7)14(18)20/h5-8H,1-4,17H2. The molecule has 6 heteroatoms. The molecule has 1 saturated carbocycles. The molecular weight excluding hydrogens is 283 g/mol. The van der Waals surface area contributed by atoms with Crippen LogP contribution < -0.4 is 10.6 Å². The molecule has 1 aromatic rings. The van der Waals surface area contributed by atoms with Gasteiger partial charge in [-0.05, 0) is 25.0 Å². The molecule has 2 amide bonds. The second kappa shape index (κ2) is 4.74. The van der Waals surface area contributed by atoms with Crippen molar-refractivity contribution in [2.45, 2.75) is 25.7 Å². The monoisotopic (exact) mass is 296 g/mol. The summed E-state index contributed by atoms with van der Waals surface area (Å²) >= 11 is 5.73. The molecule has 1 heterocycles. The average Bonchev–Trinajstić information content (AvgIpc) is 2.68. The van der Waals surface area contributed by atoms with Gasteiger partial charge in [-0.3, -0.25) is 9.59 Å². The molecule has 2 aliphatic rings. The van der Waals surface area contributed by atoms with E-state index in [1.165, 1.54) is 6.07 Å². The summed E-state index contributed by atoms with van der Waals surface area (Å²) in [6.45, 7) is 0. The van der Waals surface area contributed by atoms with Gasteiger partial charge in [-0.25, -0.2) is 9.29 Å². The Labute approximate surface area is 120 Å². The van der Waals surface area contributed by atoms with E-state index in [0.29, 0.717) is 12.8 Å². The Morgan fingerprint density at radius 2 is 1.70 bits per heavy atom. The van der Waals surface area contributed by atoms with Gasteiger partial charge >= 0.3 is 0 Å². The van der Waals surface area contributed by atoms with Crippen molar-refractivity contribution in [3.05, 3.63) is 23.0 Å². The minimum atomic E-state index is -0.704. The maximum atomic E-state index is 14.0. The Kier molecular flexibility index (Phi) is 3.17. The number of anilines is 2. The minimum absolute atomic E-state index is 0.0720. The van der Waals surface area contributed by atoms with Gasteiger partial charge in [-0.15, -0.1) is 0 Å². The van der Waals surface area contributed by atoms with Crippen molar-refractivity contribution in [1.29, 1.82) is 0 Å². The molecule has 106 valence electrons. The van der Waals surface area contributed by atoms with E-state index in [1.54, 1.807) is 0 Å². The summed E-state index contributed by atoms with van der Waals surface area (Å²) in [7, 11) is 0. The number of nitrogens with zero attached hydrogens (tertiary/aromatic N) is 1. The highest BCUT2D eigenvalue weighted by Gasteiger charge is 2.49. The second-order valence-corrected chi connectivity index (χ2v) is 5.74. The van der Waals surface area contributed by atoms with Crippen LogP contribution in [0.5, 0.6) is 0 Å². The number of hydrogen-bond acceptors (Lipinski definition) is 3. The van der Waals surface area contributed by atoms with Crippen molar-refractivity contribution in [3.63, 3.8) is 0 Å². The molecule has 20 heavy (non-hydrogen) atoms. The van der Waals surface area contributed by atoms with E-state index in [-0.39, 0.29) is 40.0 Å². The van der Waals surface area contributed by atoms with E-state index in [1.807, 2.05) is 0 Å². The van der Waals surface area contributed by atoms with E-state index in [2.05, 4.69) is 0 Å². The first kappa shape index (κ1) is 13.4. The fourth-order valence-electron chi connectivity index (χ4n) is 3.12. The number of hydrogen-bond donors (Lipinski definition) is 1. The number of amides is 2. The van der Waals surface area contributed by atoms with E-state index < -0.39 is 5.82 Å². The summed E-state index contributed by atoms with van der Waals surface area (Å²) in [5.41, 5.74) is 5.71. The van der Waals surface area contributed by atoms with Crippen molar-refractivity contribution < 1.29 is 14.0 Å². The molecule has 1 aliphatic carbocycles. The normalized spacial score (nSPS) is 26.0. The zero-order valence-electron chi connectivity index (χ0n) is 10.7. The Morgan fingerprint density at radius 3 is 2.25 bits per heavy atom. The Bertz CT molecular complexity index is 581. The first-order valence-corrected chi connectivity index (χ1v) is 7.01. The van der Waals surface area contributed by atoms with Crippen LogP contribution in [0.15, 0.2) is 12.1 Å². The maximum Gasteiger partial charge on any atom is 0.237 e. The summed E-state index contributed by atoms with van der Waals surface area (Å²) in [5, 5.41) is 0.0720. The highest BCUT2D eigenvalue weighted by molar-refractivity contribution is 6.33. The summed E-state index contributed by atoms with van der Waals surface area (Å²) < 4.78 is 14.0. The minimum Gasteiger partial charge on any atom is -0.397 e. The van der Waals surface area contributed by atoms with Gasteiger partial charge in [0.1, 0.15) is 5.82 Å². The van der Waals surface area contributed by atoms with Gasteiger partial charge in [0.15, 0.2) is 0 Å². The smallest absolute Gasteiger partial charge is 0.237 e. The second-order valence-electron chi connectivity index (χ2n) is 5.33. The topological polar surface area (TPSA) is 63.4 Å². The van der Waals surface area contributed by atoms with E-state index in [4.69, 9.17) is 17.3 Å². The van der Waals surface area contributed by atoms with Crippen LogP contribution in [-0.2, 0) is 9.59 Å². The van der Waals surface area contributed by atoms with Crippen LogP contribution in [0.25, 0.3) is 0 Å². The van der Waals surface area contributed by atoms with Crippen molar-refractivity contribution in [1.82, 2.24) is 0 Å². The van der Waals surface area contributed by atoms with Crippen LogP contribution in [0, 0.1) is 17.7 Å². The Hall–Kier alpha value is -1.62. The van der Waals surface area contributed by atoms with Gasteiger partial charge in [-0.2, -0.15) is 0 Å². The number of nitrogen functional groups attached to an aromatic ring is 1. The van der Waals surface area contributed by atoms with Crippen LogP contribution in [0.4, 0.5) is 15.8 Å². The lowest BCUT2D eigenvalue weighted by atomic mass is 9.81. The molecule has 4 nitrogen and oxygen atoms in total. The van der Waals surface area contributed by atoms with Crippen molar-refractivity contribution >= 4 is 34.8 Å². The average molecular weight is 297 g/mol. The fourth-order valence-corrected chi connectivity index (χ4v) is 3.28. The summed E-state index contributed by atoms with van der Waals surface area (Å²) in [4.78, 5) is 25.7. The molecule has 1 saturated heterocycles. The first-order chi connectivity index (χ1) is 9.50. The lowest BCUT2D eigenvalue weighted by molar-refractivity contribution is -0.122. The number of fused-ring (bicyclic) bond motifs is 1. The van der Waals surface area contributed by atoms with Gasteiger partial charge in [0.2, 0.25) is 11.8 Å². The van der Waals surface area contributed by atoms with Crippen molar-refractivity contribution in [2.24, 2.45) is 11.8 Å². The Balaban J connectivity index is 2.04. The van der Waals surface area contributed by atoms with E-state index in [9.17, 15) is 14.0 Å². The highest BCUT2D eigenvalue weighted by Crippen LogP contribution is 2.41. The highest BCUT2D eigenvalue weighted by atomic mass is 35.5. The third-order valence-corrected chi connectivity index (χ3v) is 4.48. The quantitative estimate of drug-likeness (QED) is 0.640. The van der Waals surface area contributed by atoms with Crippen LogP contribution >= 0.6 is 11.6 Å². The molecule has 2 unspecified atom stereocenters. The molecule has 0 radical (unpaired) electrons. The number of halogens is 2. The number of benzene rings is 1. The SMILES string of the molecule is Nc1cc(N2C(=O)C3CCCCC3C2=O)c(F)cc1Cl. The van der Waals surface area contributed by atoms with Crippen LogP contribution in [-0.4, -0.2) is 11.8 Å². The van der Waals surface area contributed by atoms with Gasteiger partial charge in [-0.1, -0.05) is 24.4 Å². The number of carbonyl (C=O) groups excluding carboxylic acids is 2. The number of imide groups is 1. The zero-order valence-corrected chi connectivity index (χ0v) is 11.5.